The van der Waals surface area contributed by atoms with Crippen LogP contribution in [0.4, 0.5) is 0 Å². The Bertz CT molecular complexity index is 766. The molecule has 1 heterocycles. The van der Waals surface area contributed by atoms with Crippen LogP contribution in [-0.4, -0.2) is 11.3 Å². The van der Waals surface area contributed by atoms with Crippen LogP contribution in [0.2, 0.25) is 0 Å². The van der Waals surface area contributed by atoms with Gasteiger partial charge in [0.25, 0.3) is 0 Å². The predicted molar refractivity (Wildman–Crippen MR) is 101 cm³/mol. The van der Waals surface area contributed by atoms with Crippen LogP contribution >= 0.6 is 0 Å². The summed E-state index contributed by atoms with van der Waals surface area (Å²) in [4.78, 5) is 4.98. The van der Waals surface area contributed by atoms with Crippen molar-refractivity contribution in [3.63, 3.8) is 0 Å². The van der Waals surface area contributed by atoms with Gasteiger partial charge in [0, 0.05) is 11.3 Å². The maximum absolute atomic E-state index is 4.98. The highest BCUT2D eigenvalue weighted by molar-refractivity contribution is 6.25. The zero-order valence-corrected chi connectivity index (χ0v) is 14.1. The molecule has 0 saturated heterocycles. The molecule has 1 aliphatic heterocycles. The molecule has 0 radical (unpaired) electrons. The van der Waals surface area contributed by atoms with Crippen molar-refractivity contribution in [3.8, 4) is 0 Å². The lowest BCUT2D eigenvalue weighted by Crippen LogP contribution is -2.20. The van der Waals surface area contributed by atoms with Crippen LogP contribution < -0.4 is 0 Å². The van der Waals surface area contributed by atoms with E-state index in [1.165, 1.54) is 22.3 Å². The maximum atomic E-state index is 4.98. The zero-order chi connectivity index (χ0) is 16.3. The molecule has 0 N–H and O–H groups in total. The summed E-state index contributed by atoms with van der Waals surface area (Å²) in [6.07, 6.45) is 5.34. The summed E-state index contributed by atoms with van der Waals surface area (Å²) in [6.45, 7) is 6.58. The number of allylic oxidation sites excluding steroid dienone is 1. The van der Waals surface area contributed by atoms with Crippen molar-refractivity contribution in [2.24, 2.45) is 4.99 Å². The van der Waals surface area contributed by atoms with Gasteiger partial charge in [-0.3, -0.25) is 4.99 Å². The van der Waals surface area contributed by atoms with E-state index < -0.39 is 0 Å². The van der Waals surface area contributed by atoms with Gasteiger partial charge in [-0.2, -0.15) is 0 Å². The van der Waals surface area contributed by atoms with E-state index in [0.29, 0.717) is 0 Å². The fourth-order valence-electron chi connectivity index (χ4n) is 3.27. The SMILES string of the molecule is CC1=NC(C)(C/C=C/c2ccccc2)C(C)=C1c1ccccc1. The van der Waals surface area contributed by atoms with E-state index in [4.69, 9.17) is 4.99 Å². The van der Waals surface area contributed by atoms with E-state index in [2.05, 4.69) is 87.5 Å². The number of nitrogens with zero attached hydrogens (tertiary/aromatic N) is 1. The van der Waals surface area contributed by atoms with Crippen LogP contribution in [-0.2, 0) is 0 Å². The average molecular weight is 301 g/mol. The van der Waals surface area contributed by atoms with Gasteiger partial charge in [-0.05, 0) is 43.9 Å². The highest BCUT2D eigenvalue weighted by Gasteiger charge is 2.33. The first-order valence-corrected chi connectivity index (χ1v) is 8.15. The van der Waals surface area contributed by atoms with Gasteiger partial charge in [0.05, 0.1) is 5.54 Å². The van der Waals surface area contributed by atoms with Gasteiger partial charge in [0.2, 0.25) is 0 Å². The number of hydrogen-bond acceptors (Lipinski definition) is 1. The molecule has 0 saturated carbocycles. The van der Waals surface area contributed by atoms with Crippen LogP contribution in [0, 0.1) is 0 Å². The molecule has 0 bridgehead atoms. The minimum Gasteiger partial charge on any atom is -0.278 e. The van der Waals surface area contributed by atoms with Crippen LogP contribution in [0.15, 0.2) is 77.3 Å². The third-order valence-corrected chi connectivity index (χ3v) is 4.65. The number of aliphatic imine (C=N–C) groups is 1. The van der Waals surface area contributed by atoms with Crippen molar-refractivity contribution in [1.82, 2.24) is 0 Å². The highest BCUT2D eigenvalue weighted by atomic mass is 14.9. The summed E-state index contributed by atoms with van der Waals surface area (Å²) in [5.41, 5.74) is 6.17. The first-order chi connectivity index (χ1) is 11.1. The van der Waals surface area contributed by atoms with E-state index in [1.54, 1.807) is 0 Å². The molecule has 3 rings (SSSR count). The van der Waals surface area contributed by atoms with Gasteiger partial charge in [-0.25, -0.2) is 0 Å². The molecular formula is C22H23N. The Balaban J connectivity index is 1.85. The molecule has 1 atom stereocenters. The van der Waals surface area contributed by atoms with Crippen molar-refractivity contribution >= 4 is 17.4 Å². The summed E-state index contributed by atoms with van der Waals surface area (Å²) in [5, 5.41) is 0. The topological polar surface area (TPSA) is 12.4 Å². The van der Waals surface area contributed by atoms with Crippen molar-refractivity contribution in [2.75, 3.05) is 0 Å². The van der Waals surface area contributed by atoms with E-state index in [9.17, 15) is 0 Å². The Labute approximate surface area is 139 Å². The second-order valence-corrected chi connectivity index (χ2v) is 6.35. The van der Waals surface area contributed by atoms with Gasteiger partial charge < -0.3 is 0 Å². The Morgan fingerprint density at radius 2 is 1.52 bits per heavy atom. The van der Waals surface area contributed by atoms with Gasteiger partial charge >= 0.3 is 0 Å². The summed E-state index contributed by atoms with van der Waals surface area (Å²) in [6, 6.07) is 21.0. The predicted octanol–water partition coefficient (Wildman–Crippen LogP) is 5.80. The monoisotopic (exact) mass is 301 g/mol. The zero-order valence-electron chi connectivity index (χ0n) is 14.1. The number of benzene rings is 2. The second-order valence-electron chi connectivity index (χ2n) is 6.35. The molecule has 0 fully saturated rings. The fourth-order valence-corrected chi connectivity index (χ4v) is 3.27. The van der Waals surface area contributed by atoms with E-state index in [-0.39, 0.29) is 5.54 Å². The van der Waals surface area contributed by atoms with Crippen LogP contribution in [0.5, 0.6) is 0 Å². The van der Waals surface area contributed by atoms with Crippen LogP contribution in [0.3, 0.4) is 0 Å². The largest absolute Gasteiger partial charge is 0.278 e. The summed E-state index contributed by atoms with van der Waals surface area (Å²) in [7, 11) is 0. The smallest absolute Gasteiger partial charge is 0.0833 e. The van der Waals surface area contributed by atoms with Gasteiger partial charge in [0.15, 0.2) is 0 Å². The average Bonchev–Trinajstić information content (AvgIpc) is 2.79. The summed E-state index contributed by atoms with van der Waals surface area (Å²) >= 11 is 0. The number of rotatable bonds is 4. The molecule has 0 aromatic heterocycles. The minimum atomic E-state index is -0.138. The molecule has 2 aromatic carbocycles. The lowest BCUT2D eigenvalue weighted by atomic mass is 9.86. The Hall–Kier alpha value is -2.41. The van der Waals surface area contributed by atoms with Crippen LogP contribution in [0.25, 0.3) is 11.6 Å². The molecule has 1 nitrogen and oxygen atoms in total. The maximum Gasteiger partial charge on any atom is 0.0833 e. The molecule has 1 heteroatoms. The Morgan fingerprint density at radius 1 is 0.913 bits per heavy atom. The Kier molecular flexibility index (Phi) is 4.29. The number of hydrogen-bond donors (Lipinski definition) is 0. The van der Waals surface area contributed by atoms with Gasteiger partial charge in [-0.15, -0.1) is 0 Å². The van der Waals surface area contributed by atoms with Crippen molar-refractivity contribution in [2.45, 2.75) is 32.7 Å². The normalized spacial score (nSPS) is 21.1. The quantitative estimate of drug-likeness (QED) is 0.677. The van der Waals surface area contributed by atoms with E-state index >= 15 is 0 Å². The molecule has 0 aliphatic carbocycles. The van der Waals surface area contributed by atoms with Crippen molar-refractivity contribution in [1.29, 1.82) is 0 Å². The van der Waals surface area contributed by atoms with E-state index in [1.807, 2.05) is 6.07 Å². The van der Waals surface area contributed by atoms with E-state index in [0.717, 1.165) is 12.1 Å². The molecular weight excluding hydrogens is 278 g/mol. The first-order valence-electron chi connectivity index (χ1n) is 8.15. The molecule has 1 aliphatic rings. The third kappa shape index (κ3) is 3.19. The standard InChI is InChI=1S/C22H23N/c1-17-21(20-14-8-5-9-15-20)18(2)23-22(17,3)16-10-13-19-11-6-4-7-12-19/h4-15H,16H2,1-3H3/b13-10+. The molecule has 2 aromatic rings. The molecule has 116 valence electrons. The fraction of sp³-hybridized carbons (Fsp3) is 0.227. The second kappa shape index (κ2) is 6.37. The lowest BCUT2D eigenvalue weighted by Gasteiger charge is -2.21. The minimum absolute atomic E-state index is 0.138. The molecule has 1 unspecified atom stereocenters. The van der Waals surface area contributed by atoms with Gasteiger partial charge in [-0.1, -0.05) is 72.8 Å². The van der Waals surface area contributed by atoms with Crippen molar-refractivity contribution < 1.29 is 0 Å². The molecule has 0 spiro atoms. The molecule has 23 heavy (non-hydrogen) atoms. The van der Waals surface area contributed by atoms with Crippen molar-refractivity contribution in [3.05, 3.63) is 83.4 Å². The summed E-state index contributed by atoms with van der Waals surface area (Å²) < 4.78 is 0. The lowest BCUT2D eigenvalue weighted by molar-refractivity contribution is 0.574. The first kappa shape index (κ1) is 15.5. The third-order valence-electron chi connectivity index (χ3n) is 4.65. The van der Waals surface area contributed by atoms with Crippen LogP contribution in [0.1, 0.15) is 38.3 Å². The van der Waals surface area contributed by atoms with Gasteiger partial charge in [0.1, 0.15) is 0 Å². The Morgan fingerprint density at radius 3 is 2.17 bits per heavy atom. The summed E-state index contributed by atoms with van der Waals surface area (Å²) in [5.74, 6) is 0. The molecule has 0 amide bonds. The highest BCUT2D eigenvalue weighted by Crippen LogP contribution is 2.39.